The zero-order chi connectivity index (χ0) is 19.5. The van der Waals surface area contributed by atoms with Crippen LogP contribution in [0.2, 0.25) is 0 Å². The maximum absolute atomic E-state index is 5.62. The van der Waals surface area contributed by atoms with E-state index in [0.29, 0.717) is 12.4 Å². The Morgan fingerprint density at radius 3 is 2.86 bits per heavy atom. The first-order valence-corrected chi connectivity index (χ1v) is 9.49. The van der Waals surface area contributed by atoms with Crippen LogP contribution in [-0.4, -0.2) is 38.8 Å². The fraction of sp³-hybridized carbons (Fsp3) is 0.400. The lowest BCUT2D eigenvalue weighted by atomic mass is 10.1. The number of fused-ring (bicyclic) bond motifs is 1. The molecule has 0 aliphatic carbocycles. The normalized spacial score (nSPS) is 16.7. The topological polar surface area (TPSA) is 93.2 Å². The first-order valence-electron chi connectivity index (χ1n) is 9.49. The smallest absolute Gasteiger partial charge is 0.226 e. The minimum Gasteiger partial charge on any atom is -0.444 e. The second-order valence-corrected chi connectivity index (χ2v) is 7.07. The van der Waals surface area contributed by atoms with E-state index in [4.69, 9.17) is 4.42 Å². The SMILES string of the molecule is CN=C(NCc1coc(-c2ccc(C)cc2)n1)NC1CCc2nc(C)nn2C1. The molecule has 0 amide bonds. The molecule has 2 N–H and O–H groups in total. The number of hydrogen-bond donors (Lipinski definition) is 2. The Morgan fingerprint density at radius 2 is 2.07 bits per heavy atom. The molecule has 8 nitrogen and oxygen atoms in total. The van der Waals surface area contributed by atoms with Gasteiger partial charge in [0.1, 0.15) is 17.9 Å². The third-order valence-electron chi connectivity index (χ3n) is 4.82. The molecule has 146 valence electrons. The number of oxazole rings is 1. The molecule has 3 aromatic rings. The van der Waals surface area contributed by atoms with Crippen molar-refractivity contribution in [2.24, 2.45) is 4.99 Å². The van der Waals surface area contributed by atoms with Crippen molar-refractivity contribution in [1.82, 2.24) is 30.4 Å². The Balaban J connectivity index is 1.33. The first-order chi connectivity index (χ1) is 13.6. The molecule has 4 rings (SSSR count). The second-order valence-electron chi connectivity index (χ2n) is 7.07. The quantitative estimate of drug-likeness (QED) is 0.533. The van der Waals surface area contributed by atoms with Gasteiger partial charge in [-0.15, -0.1) is 0 Å². The summed E-state index contributed by atoms with van der Waals surface area (Å²) in [5, 5.41) is 11.2. The van der Waals surface area contributed by atoms with E-state index < -0.39 is 0 Å². The fourth-order valence-corrected chi connectivity index (χ4v) is 3.33. The maximum atomic E-state index is 5.62. The van der Waals surface area contributed by atoms with E-state index in [-0.39, 0.29) is 6.04 Å². The largest absolute Gasteiger partial charge is 0.444 e. The Kier molecular flexibility index (Phi) is 5.10. The molecule has 1 aromatic carbocycles. The molecule has 0 saturated carbocycles. The van der Waals surface area contributed by atoms with Crippen LogP contribution in [-0.2, 0) is 19.5 Å². The molecule has 0 fully saturated rings. The van der Waals surface area contributed by atoms with Gasteiger partial charge in [-0.3, -0.25) is 4.99 Å². The summed E-state index contributed by atoms with van der Waals surface area (Å²) in [6.07, 6.45) is 3.60. The summed E-state index contributed by atoms with van der Waals surface area (Å²) in [5.74, 6) is 3.25. The summed E-state index contributed by atoms with van der Waals surface area (Å²) in [6, 6.07) is 8.40. The molecular formula is C20H25N7O. The van der Waals surface area contributed by atoms with Crippen LogP contribution in [0.4, 0.5) is 0 Å². The van der Waals surface area contributed by atoms with Gasteiger partial charge in [-0.1, -0.05) is 17.7 Å². The molecule has 0 radical (unpaired) electrons. The summed E-state index contributed by atoms with van der Waals surface area (Å²) in [4.78, 5) is 13.3. The number of aromatic nitrogens is 4. The molecule has 0 saturated heterocycles. The number of nitrogens with one attached hydrogen (secondary N) is 2. The van der Waals surface area contributed by atoms with Crippen molar-refractivity contribution in [2.45, 2.75) is 45.8 Å². The van der Waals surface area contributed by atoms with Crippen molar-refractivity contribution in [2.75, 3.05) is 7.05 Å². The van der Waals surface area contributed by atoms with Crippen LogP contribution in [0, 0.1) is 13.8 Å². The molecule has 1 aliphatic rings. The van der Waals surface area contributed by atoms with Crippen molar-refractivity contribution in [3.8, 4) is 11.5 Å². The molecule has 1 aliphatic heterocycles. The first kappa shape index (κ1) is 18.2. The van der Waals surface area contributed by atoms with Crippen molar-refractivity contribution in [3.05, 3.63) is 53.4 Å². The lowest BCUT2D eigenvalue weighted by Gasteiger charge is -2.25. The van der Waals surface area contributed by atoms with Crippen LogP contribution in [0.1, 0.15) is 29.3 Å². The van der Waals surface area contributed by atoms with Gasteiger partial charge in [0.15, 0.2) is 5.96 Å². The van der Waals surface area contributed by atoms with Crippen LogP contribution in [0.3, 0.4) is 0 Å². The van der Waals surface area contributed by atoms with Gasteiger partial charge in [-0.25, -0.2) is 14.6 Å². The minimum absolute atomic E-state index is 0.264. The van der Waals surface area contributed by atoms with E-state index in [1.807, 2.05) is 23.7 Å². The van der Waals surface area contributed by atoms with Gasteiger partial charge in [0.05, 0.1) is 18.8 Å². The Labute approximate surface area is 164 Å². The molecule has 0 bridgehead atoms. The second kappa shape index (κ2) is 7.84. The summed E-state index contributed by atoms with van der Waals surface area (Å²) in [5.41, 5.74) is 3.01. The predicted molar refractivity (Wildman–Crippen MR) is 107 cm³/mol. The van der Waals surface area contributed by atoms with E-state index in [9.17, 15) is 0 Å². The summed E-state index contributed by atoms with van der Waals surface area (Å²) in [7, 11) is 1.77. The summed E-state index contributed by atoms with van der Waals surface area (Å²) in [6.45, 7) is 5.31. The number of aliphatic imine (C=N–C) groups is 1. The van der Waals surface area contributed by atoms with Crippen LogP contribution in [0.5, 0.6) is 0 Å². The Morgan fingerprint density at radius 1 is 1.25 bits per heavy atom. The molecule has 0 spiro atoms. The molecule has 3 heterocycles. The molecular weight excluding hydrogens is 354 g/mol. The van der Waals surface area contributed by atoms with Crippen molar-refractivity contribution >= 4 is 5.96 Å². The van der Waals surface area contributed by atoms with Gasteiger partial charge in [-0.05, 0) is 32.4 Å². The summed E-state index contributed by atoms with van der Waals surface area (Å²) < 4.78 is 7.60. The van der Waals surface area contributed by atoms with E-state index in [1.165, 1.54) is 5.56 Å². The van der Waals surface area contributed by atoms with E-state index in [0.717, 1.165) is 48.3 Å². The number of nitrogens with zero attached hydrogens (tertiary/aromatic N) is 5. The van der Waals surface area contributed by atoms with Crippen LogP contribution in [0.15, 0.2) is 39.9 Å². The number of hydrogen-bond acceptors (Lipinski definition) is 5. The highest BCUT2D eigenvalue weighted by atomic mass is 16.3. The van der Waals surface area contributed by atoms with Crippen molar-refractivity contribution < 1.29 is 4.42 Å². The molecule has 2 aromatic heterocycles. The minimum atomic E-state index is 0.264. The molecule has 8 heteroatoms. The molecule has 1 unspecified atom stereocenters. The van der Waals surface area contributed by atoms with E-state index in [1.54, 1.807) is 13.3 Å². The number of benzene rings is 1. The average Bonchev–Trinajstić information content (AvgIpc) is 3.31. The van der Waals surface area contributed by atoms with Crippen LogP contribution in [0.25, 0.3) is 11.5 Å². The number of guanidine groups is 1. The number of rotatable bonds is 4. The zero-order valence-electron chi connectivity index (χ0n) is 16.4. The van der Waals surface area contributed by atoms with Gasteiger partial charge in [0, 0.05) is 25.1 Å². The Hall–Kier alpha value is -3.16. The monoisotopic (exact) mass is 379 g/mol. The standard InChI is InChI=1S/C20H25N7O/c1-13-4-6-15(7-5-13)19-24-17(12-28-19)10-22-20(21-3)25-16-8-9-18-23-14(2)26-27(18)11-16/h4-7,12,16H,8-11H2,1-3H3,(H2,21,22,25). The van der Waals surface area contributed by atoms with Gasteiger partial charge < -0.3 is 15.1 Å². The predicted octanol–water partition coefficient (Wildman–Crippen LogP) is 2.23. The van der Waals surface area contributed by atoms with E-state index >= 15 is 0 Å². The number of aryl methyl sites for hydroxylation is 3. The van der Waals surface area contributed by atoms with Gasteiger partial charge in [0.2, 0.25) is 5.89 Å². The molecule has 28 heavy (non-hydrogen) atoms. The van der Waals surface area contributed by atoms with E-state index in [2.05, 4.69) is 49.7 Å². The third kappa shape index (κ3) is 4.05. The maximum Gasteiger partial charge on any atom is 0.226 e. The summed E-state index contributed by atoms with van der Waals surface area (Å²) >= 11 is 0. The third-order valence-corrected chi connectivity index (χ3v) is 4.82. The Bertz CT molecular complexity index is 971. The fourth-order valence-electron chi connectivity index (χ4n) is 3.33. The van der Waals surface area contributed by atoms with Gasteiger partial charge in [-0.2, -0.15) is 5.10 Å². The highest BCUT2D eigenvalue weighted by molar-refractivity contribution is 5.79. The average molecular weight is 379 g/mol. The lowest BCUT2D eigenvalue weighted by molar-refractivity contribution is 0.392. The molecule has 1 atom stereocenters. The van der Waals surface area contributed by atoms with Crippen LogP contribution < -0.4 is 10.6 Å². The van der Waals surface area contributed by atoms with Crippen molar-refractivity contribution in [3.63, 3.8) is 0 Å². The highest BCUT2D eigenvalue weighted by Gasteiger charge is 2.21. The highest BCUT2D eigenvalue weighted by Crippen LogP contribution is 2.19. The van der Waals surface area contributed by atoms with Crippen LogP contribution >= 0.6 is 0 Å². The van der Waals surface area contributed by atoms with Gasteiger partial charge in [0.25, 0.3) is 0 Å². The van der Waals surface area contributed by atoms with Gasteiger partial charge >= 0.3 is 0 Å². The van der Waals surface area contributed by atoms with Crippen molar-refractivity contribution in [1.29, 1.82) is 0 Å². The zero-order valence-corrected chi connectivity index (χ0v) is 16.4. The lowest BCUT2D eigenvalue weighted by Crippen LogP contribution is -2.46.